The molecule has 1 heterocycles. The maximum Gasteiger partial charge on any atom is 0.405 e. The number of fused-ring (bicyclic) bond motifs is 1. The first-order valence-corrected chi connectivity index (χ1v) is 5.26. The van der Waals surface area contributed by atoms with Gasteiger partial charge in [-0.2, -0.15) is 0 Å². The van der Waals surface area contributed by atoms with Gasteiger partial charge < -0.3 is 20.1 Å². The van der Waals surface area contributed by atoms with Crippen molar-refractivity contribution in [1.82, 2.24) is 14.9 Å². The number of aromatic nitrogens is 2. The fourth-order valence-electron chi connectivity index (χ4n) is 1.80. The van der Waals surface area contributed by atoms with Crippen LogP contribution in [0.2, 0.25) is 0 Å². The Balaban J connectivity index is 2.45. The van der Waals surface area contributed by atoms with Gasteiger partial charge in [-0.25, -0.2) is 9.78 Å². The number of carbonyl (C=O) groups is 1. The van der Waals surface area contributed by atoms with Crippen molar-refractivity contribution in [1.29, 1.82) is 0 Å². The lowest BCUT2D eigenvalue weighted by molar-refractivity contribution is 0.193. The van der Waals surface area contributed by atoms with E-state index in [1.54, 1.807) is 18.2 Å². The Morgan fingerprint density at radius 1 is 1.53 bits per heavy atom. The van der Waals surface area contributed by atoms with Gasteiger partial charge in [0.25, 0.3) is 0 Å². The first kappa shape index (κ1) is 11.3. The zero-order valence-corrected chi connectivity index (χ0v) is 9.34. The molecule has 0 spiro atoms. The second-order valence-electron chi connectivity index (χ2n) is 3.60. The van der Waals surface area contributed by atoms with Crippen molar-refractivity contribution < 1.29 is 15.0 Å². The van der Waals surface area contributed by atoms with E-state index in [1.165, 1.54) is 0 Å². The summed E-state index contributed by atoms with van der Waals surface area (Å²) in [6, 6.07) is 4.89. The molecule has 0 aliphatic rings. The molecule has 0 unspecified atom stereocenters. The number of phenols is 1. The number of carboxylic acid groups (broad SMARTS) is 1. The van der Waals surface area contributed by atoms with Crippen molar-refractivity contribution >= 4 is 17.1 Å². The third kappa shape index (κ3) is 2.15. The van der Waals surface area contributed by atoms with E-state index >= 15 is 0 Å². The maximum absolute atomic E-state index is 10.5. The molecule has 3 N–H and O–H groups in total. The molecule has 6 nitrogen and oxygen atoms in total. The summed E-state index contributed by atoms with van der Waals surface area (Å²) in [4.78, 5) is 14.8. The summed E-state index contributed by atoms with van der Waals surface area (Å²) in [6.07, 6.45) is -1.08. The monoisotopic (exact) mass is 235 g/mol. The Labute approximate surface area is 97.5 Å². The van der Waals surface area contributed by atoms with Crippen LogP contribution in [0.1, 0.15) is 12.7 Å². The highest BCUT2D eigenvalue weighted by Gasteiger charge is 2.10. The Morgan fingerprint density at radius 2 is 2.29 bits per heavy atom. The predicted octanol–water partition coefficient (Wildman–Crippen LogP) is 1.53. The Kier molecular flexibility index (Phi) is 2.86. The van der Waals surface area contributed by atoms with Gasteiger partial charge in [0, 0.05) is 12.6 Å². The van der Waals surface area contributed by atoms with Crippen molar-refractivity contribution in [3.05, 3.63) is 24.0 Å². The van der Waals surface area contributed by atoms with E-state index in [-0.39, 0.29) is 12.3 Å². The molecule has 17 heavy (non-hydrogen) atoms. The number of nitrogens with one attached hydrogen (secondary N) is 1. The number of benzene rings is 1. The van der Waals surface area contributed by atoms with Crippen molar-refractivity contribution in [2.45, 2.75) is 20.0 Å². The lowest BCUT2D eigenvalue weighted by atomic mass is 10.3. The number of hydrogen-bond acceptors (Lipinski definition) is 3. The minimum Gasteiger partial charge on any atom is -0.508 e. The normalized spacial score (nSPS) is 10.6. The summed E-state index contributed by atoms with van der Waals surface area (Å²) in [6.45, 7) is 2.75. The summed E-state index contributed by atoms with van der Waals surface area (Å²) in [5, 5.41) is 20.3. The van der Waals surface area contributed by atoms with E-state index in [4.69, 9.17) is 5.11 Å². The van der Waals surface area contributed by atoms with Crippen LogP contribution in [-0.4, -0.2) is 25.9 Å². The molecule has 90 valence electrons. The van der Waals surface area contributed by atoms with Crippen LogP contribution in [0.3, 0.4) is 0 Å². The van der Waals surface area contributed by atoms with Crippen LogP contribution >= 0.6 is 0 Å². The Hall–Kier alpha value is -2.24. The van der Waals surface area contributed by atoms with E-state index in [0.29, 0.717) is 12.4 Å². The molecule has 0 saturated carbocycles. The predicted molar refractivity (Wildman–Crippen MR) is 61.9 cm³/mol. The molecule has 0 aliphatic heterocycles. The fourth-order valence-corrected chi connectivity index (χ4v) is 1.80. The van der Waals surface area contributed by atoms with Crippen LogP contribution in [0, 0.1) is 0 Å². The summed E-state index contributed by atoms with van der Waals surface area (Å²) in [7, 11) is 0. The minimum atomic E-state index is -1.08. The molecule has 0 radical (unpaired) electrons. The molecule has 0 saturated heterocycles. The van der Waals surface area contributed by atoms with Crippen LogP contribution in [0.4, 0.5) is 4.79 Å². The van der Waals surface area contributed by atoms with Crippen LogP contribution in [-0.2, 0) is 13.1 Å². The van der Waals surface area contributed by atoms with E-state index in [0.717, 1.165) is 11.0 Å². The third-order valence-electron chi connectivity index (χ3n) is 2.52. The number of nitrogens with zero attached hydrogens (tertiary/aromatic N) is 2. The second-order valence-corrected chi connectivity index (χ2v) is 3.60. The average Bonchev–Trinajstić information content (AvgIpc) is 2.63. The summed E-state index contributed by atoms with van der Waals surface area (Å²) >= 11 is 0. The van der Waals surface area contributed by atoms with Gasteiger partial charge in [-0.1, -0.05) is 0 Å². The topological polar surface area (TPSA) is 87.4 Å². The largest absolute Gasteiger partial charge is 0.508 e. The molecular formula is C11H13N3O3. The van der Waals surface area contributed by atoms with Gasteiger partial charge in [0.2, 0.25) is 0 Å². The molecule has 0 bridgehead atoms. The van der Waals surface area contributed by atoms with Gasteiger partial charge in [0.05, 0.1) is 17.6 Å². The van der Waals surface area contributed by atoms with Crippen LogP contribution in [0.5, 0.6) is 5.75 Å². The summed E-state index contributed by atoms with van der Waals surface area (Å²) < 4.78 is 1.87. The molecule has 6 heteroatoms. The van der Waals surface area contributed by atoms with Crippen LogP contribution in [0.15, 0.2) is 18.2 Å². The second kappa shape index (κ2) is 4.32. The molecule has 1 aromatic carbocycles. The third-order valence-corrected chi connectivity index (χ3v) is 2.52. The van der Waals surface area contributed by atoms with Gasteiger partial charge in [0.1, 0.15) is 11.6 Å². The van der Waals surface area contributed by atoms with E-state index in [1.807, 2.05) is 11.5 Å². The number of rotatable bonds is 3. The highest BCUT2D eigenvalue weighted by molar-refractivity contribution is 5.77. The van der Waals surface area contributed by atoms with Gasteiger partial charge in [-0.15, -0.1) is 0 Å². The highest BCUT2D eigenvalue weighted by atomic mass is 16.4. The zero-order valence-electron chi connectivity index (χ0n) is 9.34. The number of amides is 1. The summed E-state index contributed by atoms with van der Waals surface area (Å²) in [5.74, 6) is 0.806. The number of aromatic hydroxyl groups is 1. The number of phenolic OH excluding ortho intramolecular Hbond substituents is 1. The van der Waals surface area contributed by atoms with Crippen molar-refractivity contribution in [3.63, 3.8) is 0 Å². The standard InChI is InChI=1S/C11H13N3O3/c1-2-14-9-5-7(15)3-4-8(9)13-10(14)6-12-11(16)17/h3-5,12,15H,2,6H2,1H3,(H,16,17). The maximum atomic E-state index is 10.5. The SMILES string of the molecule is CCn1c(CNC(=O)O)nc2ccc(O)cc21. The zero-order chi connectivity index (χ0) is 12.4. The van der Waals surface area contributed by atoms with E-state index < -0.39 is 6.09 Å². The molecule has 0 fully saturated rings. The molecule has 1 amide bonds. The van der Waals surface area contributed by atoms with Gasteiger partial charge in [0.15, 0.2) is 0 Å². The van der Waals surface area contributed by atoms with Crippen LogP contribution in [0.25, 0.3) is 11.0 Å². The first-order valence-electron chi connectivity index (χ1n) is 5.26. The number of imidazole rings is 1. The first-order chi connectivity index (χ1) is 8.11. The van der Waals surface area contributed by atoms with Crippen molar-refractivity contribution in [2.75, 3.05) is 0 Å². The van der Waals surface area contributed by atoms with E-state index in [9.17, 15) is 9.90 Å². The summed E-state index contributed by atoms with van der Waals surface area (Å²) in [5.41, 5.74) is 1.54. The van der Waals surface area contributed by atoms with Crippen molar-refractivity contribution in [3.8, 4) is 5.75 Å². The highest BCUT2D eigenvalue weighted by Crippen LogP contribution is 2.21. The van der Waals surface area contributed by atoms with Crippen molar-refractivity contribution in [2.24, 2.45) is 0 Å². The number of hydrogen-bond donors (Lipinski definition) is 3. The lowest BCUT2D eigenvalue weighted by Crippen LogP contribution is -2.22. The lowest BCUT2D eigenvalue weighted by Gasteiger charge is -2.05. The number of aryl methyl sites for hydroxylation is 1. The molecule has 0 atom stereocenters. The average molecular weight is 235 g/mol. The smallest absolute Gasteiger partial charge is 0.405 e. The van der Waals surface area contributed by atoms with Gasteiger partial charge in [-0.05, 0) is 19.1 Å². The van der Waals surface area contributed by atoms with Gasteiger partial charge >= 0.3 is 6.09 Å². The van der Waals surface area contributed by atoms with Gasteiger partial charge in [-0.3, -0.25) is 0 Å². The Bertz CT molecular complexity index is 562. The fraction of sp³-hybridized carbons (Fsp3) is 0.273. The molecule has 2 aromatic rings. The Morgan fingerprint density at radius 3 is 2.94 bits per heavy atom. The molecule has 1 aromatic heterocycles. The molecular weight excluding hydrogens is 222 g/mol. The molecule has 2 rings (SSSR count). The van der Waals surface area contributed by atoms with E-state index in [2.05, 4.69) is 10.3 Å². The quantitative estimate of drug-likeness (QED) is 0.752. The minimum absolute atomic E-state index is 0.151. The molecule has 0 aliphatic carbocycles. The van der Waals surface area contributed by atoms with Crippen LogP contribution < -0.4 is 5.32 Å².